The molecule has 1 aliphatic heterocycles. The second-order valence-corrected chi connectivity index (χ2v) is 7.28. The fourth-order valence-corrected chi connectivity index (χ4v) is 3.46. The van der Waals surface area contributed by atoms with E-state index in [1.165, 1.54) is 24.3 Å². The molecule has 1 N–H and O–H groups in total. The van der Waals surface area contributed by atoms with Gasteiger partial charge in [0, 0.05) is 39.6 Å². The highest BCUT2D eigenvalue weighted by molar-refractivity contribution is 5.73. The van der Waals surface area contributed by atoms with Gasteiger partial charge in [-0.1, -0.05) is 24.3 Å². The summed E-state index contributed by atoms with van der Waals surface area (Å²) in [5, 5.41) is 10.4. The van der Waals surface area contributed by atoms with E-state index in [0.29, 0.717) is 32.7 Å². The lowest BCUT2D eigenvalue weighted by atomic mass is 10.0. The summed E-state index contributed by atoms with van der Waals surface area (Å²) in [5.74, 6) is -0.636. The first-order valence-corrected chi connectivity index (χ1v) is 9.71. The van der Waals surface area contributed by atoms with Gasteiger partial charge in [-0.2, -0.15) is 0 Å². The van der Waals surface area contributed by atoms with Crippen LogP contribution in [0.4, 0.5) is 8.78 Å². The van der Waals surface area contributed by atoms with Crippen molar-refractivity contribution in [2.24, 2.45) is 0 Å². The van der Waals surface area contributed by atoms with Crippen LogP contribution in [0.5, 0.6) is 0 Å². The molecule has 29 heavy (non-hydrogen) atoms. The summed E-state index contributed by atoms with van der Waals surface area (Å²) in [4.78, 5) is 15.3. The Morgan fingerprint density at radius 2 is 1.45 bits per heavy atom. The Labute approximate surface area is 169 Å². The number of carbonyl (C=O) groups is 1. The second-order valence-electron chi connectivity index (χ2n) is 7.28. The van der Waals surface area contributed by atoms with Gasteiger partial charge in [-0.05, 0) is 35.4 Å². The summed E-state index contributed by atoms with van der Waals surface area (Å²) in [6.07, 6.45) is -1.26. The minimum atomic E-state index is -0.720. The summed E-state index contributed by atoms with van der Waals surface area (Å²) in [6, 6.07) is 11.9. The number of nitrogens with zero attached hydrogens (tertiary/aromatic N) is 2. The highest BCUT2D eigenvalue weighted by Crippen LogP contribution is 2.27. The van der Waals surface area contributed by atoms with Crippen LogP contribution >= 0.6 is 0 Å². The highest BCUT2D eigenvalue weighted by Gasteiger charge is 2.22. The molecule has 1 amide bonds. The van der Waals surface area contributed by atoms with E-state index in [0.717, 1.165) is 11.1 Å². The molecule has 156 valence electrons. The van der Waals surface area contributed by atoms with Crippen molar-refractivity contribution in [1.82, 2.24) is 9.80 Å². The van der Waals surface area contributed by atoms with Crippen LogP contribution in [-0.4, -0.2) is 66.2 Å². The lowest BCUT2D eigenvalue weighted by Gasteiger charge is -2.35. The maximum absolute atomic E-state index is 13.3. The molecule has 0 unspecified atom stereocenters. The topological polar surface area (TPSA) is 53.0 Å². The van der Waals surface area contributed by atoms with Crippen LogP contribution in [0.25, 0.3) is 0 Å². The molecular formula is C22H26F2N2O3. The number of rotatable bonds is 7. The van der Waals surface area contributed by atoms with Crippen molar-refractivity contribution >= 4 is 5.91 Å². The van der Waals surface area contributed by atoms with Gasteiger partial charge in [0.25, 0.3) is 0 Å². The van der Waals surface area contributed by atoms with E-state index >= 15 is 0 Å². The van der Waals surface area contributed by atoms with Gasteiger partial charge >= 0.3 is 0 Å². The summed E-state index contributed by atoms with van der Waals surface area (Å²) >= 11 is 0. The lowest BCUT2D eigenvalue weighted by molar-refractivity contribution is -0.130. The largest absolute Gasteiger partial charge is 0.389 e. The van der Waals surface area contributed by atoms with E-state index in [-0.39, 0.29) is 24.1 Å². The van der Waals surface area contributed by atoms with E-state index in [2.05, 4.69) is 4.90 Å². The SMILES string of the molecule is CC(=O)N1CCN(C[C@H](O)COC(c2ccc(F)cc2)c2ccc(F)cc2)CC1. The van der Waals surface area contributed by atoms with Gasteiger partial charge < -0.3 is 14.7 Å². The number of benzene rings is 2. The maximum Gasteiger partial charge on any atom is 0.219 e. The van der Waals surface area contributed by atoms with E-state index < -0.39 is 12.2 Å². The standard InChI is InChI=1S/C22H26F2N2O3/c1-16(27)26-12-10-25(11-13-26)14-21(28)15-29-22(17-2-6-19(23)7-3-17)18-4-8-20(24)9-5-18/h2-9,21-22,28H,10-15H2,1H3/t21-/m0/s1. The molecule has 5 nitrogen and oxygen atoms in total. The zero-order chi connectivity index (χ0) is 20.8. The minimum absolute atomic E-state index is 0.0648. The Bertz CT molecular complexity index is 745. The third kappa shape index (κ3) is 6.06. The molecule has 2 aromatic rings. The highest BCUT2D eigenvalue weighted by atomic mass is 19.1. The number of hydrogen-bond donors (Lipinski definition) is 1. The first-order chi connectivity index (χ1) is 13.9. The number of amides is 1. The summed E-state index contributed by atoms with van der Waals surface area (Å²) in [5.41, 5.74) is 1.44. The molecule has 1 aliphatic rings. The summed E-state index contributed by atoms with van der Waals surface area (Å²) in [7, 11) is 0. The number of ether oxygens (including phenoxy) is 1. The van der Waals surface area contributed by atoms with Gasteiger partial charge in [-0.3, -0.25) is 9.69 Å². The van der Waals surface area contributed by atoms with Gasteiger partial charge in [0.15, 0.2) is 0 Å². The summed E-state index contributed by atoms with van der Waals surface area (Å²) in [6.45, 7) is 4.78. The molecule has 1 heterocycles. The first kappa shape index (κ1) is 21.4. The Hall–Kier alpha value is -2.35. The van der Waals surface area contributed by atoms with E-state index in [4.69, 9.17) is 4.74 Å². The van der Waals surface area contributed by atoms with Crippen LogP contribution in [-0.2, 0) is 9.53 Å². The van der Waals surface area contributed by atoms with Crippen LogP contribution < -0.4 is 0 Å². The molecule has 1 atom stereocenters. The molecule has 0 bridgehead atoms. The first-order valence-electron chi connectivity index (χ1n) is 9.71. The number of halogens is 2. The van der Waals surface area contributed by atoms with Crippen molar-refractivity contribution in [3.63, 3.8) is 0 Å². The van der Waals surface area contributed by atoms with Crippen LogP contribution in [0.1, 0.15) is 24.2 Å². The van der Waals surface area contributed by atoms with Gasteiger partial charge in [0.05, 0.1) is 12.7 Å². The number of hydrogen-bond acceptors (Lipinski definition) is 4. The van der Waals surface area contributed by atoms with Gasteiger partial charge in [0.2, 0.25) is 5.91 Å². The Balaban J connectivity index is 1.60. The molecule has 0 aromatic heterocycles. The molecule has 3 rings (SSSR count). The Kier molecular flexibility index (Phi) is 7.30. The molecule has 2 aromatic carbocycles. The van der Waals surface area contributed by atoms with E-state index in [9.17, 15) is 18.7 Å². The lowest BCUT2D eigenvalue weighted by Crippen LogP contribution is -2.50. The number of piperazine rings is 1. The normalized spacial score (nSPS) is 16.2. The zero-order valence-electron chi connectivity index (χ0n) is 16.4. The quantitative estimate of drug-likeness (QED) is 0.771. The molecule has 0 radical (unpaired) electrons. The molecule has 1 saturated heterocycles. The monoisotopic (exact) mass is 404 g/mol. The van der Waals surface area contributed by atoms with Crippen LogP contribution in [0.2, 0.25) is 0 Å². The fraction of sp³-hybridized carbons (Fsp3) is 0.409. The Morgan fingerprint density at radius 3 is 1.90 bits per heavy atom. The molecule has 0 aliphatic carbocycles. The molecule has 0 saturated carbocycles. The number of aliphatic hydroxyl groups excluding tert-OH is 1. The van der Waals surface area contributed by atoms with Crippen molar-refractivity contribution in [3.8, 4) is 0 Å². The van der Waals surface area contributed by atoms with Crippen LogP contribution in [0, 0.1) is 11.6 Å². The number of carbonyl (C=O) groups excluding carboxylic acids is 1. The predicted molar refractivity (Wildman–Crippen MR) is 105 cm³/mol. The minimum Gasteiger partial charge on any atom is -0.389 e. The molecule has 0 spiro atoms. The van der Waals surface area contributed by atoms with Gasteiger partial charge in [0.1, 0.15) is 17.7 Å². The maximum atomic E-state index is 13.3. The molecule has 7 heteroatoms. The van der Waals surface area contributed by atoms with E-state index in [1.54, 1.807) is 36.1 Å². The van der Waals surface area contributed by atoms with Crippen molar-refractivity contribution in [3.05, 3.63) is 71.3 Å². The third-order valence-corrected chi connectivity index (χ3v) is 5.09. The number of β-amino-alcohol motifs (C(OH)–C–C–N with tert-alkyl or cyclic N) is 1. The zero-order valence-corrected chi connectivity index (χ0v) is 16.4. The second kappa shape index (κ2) is 9.91. The fourth-order valence-electron chi connectivity index (χ4n) is 3.46. The van der Waals surface area contributed by atoms with Crippen LogP contribution in [0.3, 0.4) is 0 Å². The van der Waals surface area contributed by atoms with Crippen molar-refractivity contribution in [2.75, 3.05) is 39.3 Å². The van der Waals surface area contributed by atoms with Crippen molar-refractivity contribution in [2.45, 2.75) is 19.1 Å². The number of aliphatic hydroxyl groups is 1. The average molecular weight is 404 g/mol. The van der Waals surface area contributed by atoms with Crippen molar-refractivity contribution in [1.29, 1.82) is 0 Å². The predicted octanol–water partition coefficient (Wildman–Crippen LogP) is 2.60. The van der Waals surface area contributed by atoms with Crippen LogP contribution in [0.15, 0.2) is 48.5 Å². The Morgan fingerprint density at radius 1 is 0.966 bits per heavy atom. The van der Waals surface area contributed by atoms with Crippen molar-refractivity contribution < 1.29 is 23.4 Å². The van der Waals surface area contributed by atoms with Gasteiger partial charge in [-0.25, -0.2) is 8.78 Å². The molecular weight excluding hydrogens is 378 g/mol. The van der Waals surface area contributed by atoms with E-state index in [1.807, 2.05) is 0 Å². The van der Waals surface area contributed by atoms with Gasteiger partial charge in [-0.15, -0.1) is 0 Å². The molecule has 1 fully saturated rings. The average Bonchev–Trinajstić information content (AvgIpc) is 2.71. The summed E-state index contributed by atoms with van der Waals surface area (Å²) < 4.78 is 32.6. The third-order valence-electron chi connectivity index (χ3n) is 5.09. The smallest absolute Gasteiger partial charge is 0.219 e.